The van der Waals surface area contributed by atoms with Crippen LogP contribution in [0.4, 0.5) is 5.69 Å². The van der Waals surface area contributed by atoms with Crippen molar-refractivity contribution >= 4 is 52.5 Å². The largest absolute Gasteiger partial charge is 0.331 e. The standard InChI is InChI=1S/C20H19ClN4O2S/c1-13(26)25-11-10-14-4-2-3-5-17(14)18(25)12-19(27)23-24-20(28)22-16-8-6-15(21)7-9-16/h2-11,18H,12H2,1H3,(H,23,27)(H2,22,24,28)/t18-/m1/s1. The van der Waals surface area contributed by atoms with Crippen LogP contribution in [0.2, 0.25) is 5.02 Å². The predicted octanol–water partition coefficient (Wildman–Crippen LogP) is 3.62. The van der Waals surface area contributed by atoms with Gasteiger partial charge in [0.05, 0.1) is 12.5 Å². The lowest BCUT2D eigenvalue weighted by Crippen LogP contribution is -2.45. The van der Waals surface area contributed by atoms with Crippen molar-refractivity contribution in [1.29, 1.82) is 0 Å². The molecule has 3 N–H and O–H groups in total. The molecule has 28 heavy (non-hydrogen) atoms. The van der Waals surface area contributed by atoms with Crippen LogP contribution >= 0.6 is 23.8 Å². The average molecular weight is 415 g/mol. The number of thiocarbonyl (C=S) groups is 1. The number of halogens is 1. The molecule has 0 fully saturated rings. The van der Waals surface area contributed by atoms with Gasteiger partial charge >= 0.3 is 0 Å². The van der Waals surface area contributed by atoms with E-state index in [2.05, 4.69) is 16.2 Å². The number of benzene rings is 2. The van der Waals surface area contributed by atoms with Gasteiger partial charge in [0.2, 0.25) is 11.8 Å². The third-order valence-corrected chi connectivity index (χ3v) is 4.72. The van der Waals surface area contributed by atoms with Crippen LogP contribution < -0.4 is 16.2 Å². The van der Waals surface area contributed by atoms with Gasteiger partial charge in [-0.2, -0.15) is 0 Å². The van der Waals surface area contributed by atoms with Gasteiger partial charge in [-0.1, -0.05) is 35.9 Å². The summed E-state index contributed by atoms with van der Waals surface area (Å²) in [7, 11) is 0. The van der Waals surface area contributed by atoms with Crippen LogP contribution in [0.15, 0.2) is 54.7 Å². The first-order valence-corrected chi connectivity index (χ1v) is 9.40. The molecule has 1 heterocycles. The molecule has 0 saturated heterocycles. The van der Waals surface area contributed by atoms with Crippen LogP contribution in [0.5, 0.6) is 0 Å². The summed E-state index contributed by atoms with van der Waals surface area (Å²) in [4.78, 5) is 26.0. The Kier molecular flexibility index (Phi) is 6.28. The number of hydrogen-bond donors (Lipinski definition) is 3. The van der Waals surface area contributed by atoms with Crippen LogP contribution in [-0.2, 0) is 9.59 Å². The Balaban J connectivity index is 1.60. The van der Waals surface area contributed by atoms with Gasteiger partial charge in [-0.25, -0.2) is 0 Å². The second-order valence-electron chi connectivity index (χ2n) is 6.23. The first-order chi connectivity index (χ1) is 13.4. The second-order valence-corrected chi connectivity index (χ2v) is 7.07. The van der Waals surface area contributed by atoms with Gasteiger partial charge < -0.3 is 10.2 Å². The Morgan fingerprint density at radius 3 is 2.54 bits per heavy atom. The van der Waals surface area contributed by atoms with Crippen molar-refractivity contribution in [2.45, 2.75) is 19.4 Å². The van der Waals surface area contributed by atoms with Crippen molar-refractivity contribution in [2.75, 3.05) is 5.32 Å². The van der Waals surface area contributed by atoms with Crippen molar-refractivity contribution in [3.05, 3.63) is 70.9 Å². The molecule has 0 radical (unpaired) electrons. The van der Waals surface area contributed by atoms with E-state index in [4.69, 9.17) is 23.8 Å². The number of amides is 2. The highest BCUT2D eigenvalue weighted by molar-refractivity contribution is 7.80. The van der Waals surface area contributed by atoms with E-state index >= 15 is 0 Å². The molecule has 1 aliphatic heterocycles. The van der Waals surface area contributed by atoms with Gasteiger partial charge in [-0.15, -0.1) is 0 Å². The monoisotopic (exact) mass is 414 g/mol. The van der Waals surface area contributed by atoms with E-state index in [9.17, 15) is 9.59 Å². The normalized spacial score (nSPS) is 14.8. The van der Waals surface area contributed by atoms with Gasteiger partial charge in [0.25, 0.3) is 0 Å². The summed E-state index contributed by atoms with van der Waals surface area (Å²) in [5.74, 6) is -0.418. The first kappa shape index (κ1) is 19.9. The summed E-state index contributed by atoms with van der Waals surface area (Å²) in [6.45, 7) is 1.48. The zero-order chi connectivity index (χ0) is 20.1. The first-order valence-electron chi connectivity index (χ1n) is 8.61. The fraction of sp³-hybridized carbons (Fsp3) is 0.150. The number of anilines is 1. The summed E-state index contributed by atoms with van der Waals surface area (Å²) in [5.41, 5.74) is 7.90. The molecule has 8 heteroatoms. The zero-order valence-corrected chi connectivity index (χ0v) is 16.7. The number of carbonyl (C=O) groups excluding carboxylic acids is 2. The predicted molar refractivity (Wildman–Crippen MR) is 114 cm³/mol. The third kappa shape index (κ3) is 4.88. The summed E-state index contributed by atoms with van der Waals surface area (Å²) in [6.07, 6.45) is 3.68. The Morgan fingerprint density at radius 2 is 1.82 bits per heavy atom. The summed E-state index contributed by atoms with van der Waals surface area (Å²) < 4.78 is 0. The van der Waals surface area contributed by atoms with E-state index in [1.807, 2.05) is 30.3 Å². The number of hydrazine groups is 1. The molecule has 0 bridgehead atoms. The average Bonchev–Trinajstić information content (AvgIpc) is 2.68. The minimum Gasteiger partial charge on any atom is -0.331 e. The lowest BCUT2D eigenvalue weighted by molar-refractivity contribution is -0.130. The SMILES string of the molecule is CC(=O)N1C=Cc2ccccc2[C@H]1CC(=O)NNC(=S)Nc1ccc(Cl)cc1. The molecule has 3 rings (SSSR count). The topological polar surface area (TPSA) is 73.5 Å². The van der Waals surface area contributed by atoms with Crippen molar-refractivity contribution in [2.24, 2.45) is 0 Å². The van der Waals surface area contributed by atoms with Crippen molar-refractivity contribution < 1.29 is 9.59 Å². The molecule has 0 aromatic heterocycles. The smallest absolute Gasteiger partial charge is 0.240 e. The molecule has 2 aromatic rings. The maximum absolute atomic E-state index is 12.5. The molecule has 2 amide bonds. The Bertz CT molecular complexity index is 930. The highest BCUT2D eigenvalue weighted by atomic mass is 35.5. The number of carbonyl (C=O) groups is 2. The van der Waals surface area contributed by atoms with E-state index in [0.29, 0.717) is 5.02 Å². The summed E-state index contributed by atoms with van der Waals surface area (Å²) in [6, 6.07) is 14.3. The van der Waals surface area contributed by atoms with E-state index in [0.717, 1.165) is 16.8 Å². The molecule has 1 aliphatic rings. The van der Waals surface area contributed by atoms with E-state index < -0.39 is 0 Å². The number of nitrogens with one attached hydrogen (secondary N) is 3. The Labute approximate surface area is 173 Å². The number of nitrogens with zero attached hydrogens (tertiary/aromatic N) is 1. The van der Waals surface area contributed by atoms with E-state index in [-0.39, 0.29) is 29.4 Å². The highest BCUT2D eigenvalue weighted by Gasteiger charge is 2.28. The van der Waals surface area contributed by atoms with Gasteiger partial charge in [-0.05, 0) is 53.7 Å². The quantitative estimate of drug-likeness (QED) is 0.528. The number of hydrogen-bond acceptors (Lipinski definition) is 3. The molecule has 0 saturated carbocycles. The van der Waals surface area contributed by atoms with Crippen LogP contribution in [0.25, 0.3) is 6.08 Å². The molecule has 6 nitrogen and oxygen atoms in total. The molecule has 1 atom stereocenters. The fourth-order valence-electron chi connectivity index (χ4n) is 2.96. The second kappa shape index (κ2) is 8.86. The van der Waals surface area contributed by atoms with Crippen LogP contribution in [0.3, 0.4) is 0 Å². The van der Waals surface area contributed by atoms with Gasteiger partial charge in [-0.3, -0.25) is 20.4 Å². The lowest BCUT2D eigenvalue weighted by atomic mass is 9.93. The number of rotatable bonds is 3. The molecule has 0 spiro atoms. The van der Waals surface area contributed by atoms with Gasteiger partial charge in [0.1, 0.15) is 0 Å². The van der Waals surface area contributed by atoms with E-state index in [1.165, 1.54) is 6.92 Å². The van der Waals surface area contributed by atoms with Gasteiger partial charge in [0, 0.05) is 23.8 Å². The van der Waals surface area contributed by atoms with Gasteiger partial charge in [0.15, 0.2) is 5.11 Å². The molecular formula is C20H19ClN4O2S. The maximum atomic E-state index is 12.5. The minimum absolute atomic E-state index is 0.0947. The number of fused-ring (bicyclic) bond motifs is 1. The Hall–Kier alpha value is -2.90. The molecule has 0 unspecified atom stereocenters. The highest BCUT2D eigenvalue weighted by Crippen LogP contribution is 2.32. The molecule has 2 aromatic carbocycles. The Morgan fingerprint density at radius 1 is 1.11 bits per heavy atom. The molecular weight excluding hydrogens is 396 g/mol. The summed E-state index contributed by atoms with van der Waals surface area (Å²) in [5, 5.41) is 3.80. The van der Waals surface area contributed by atoms with Crippen molar-refractivity contribution in [3.63, 3.8) is 0 Å². The third-order valence-electron chi connectivity index (χ3n) is 4.27. The molecule has 144 valence electrons. The van der Waals surface area contributed by atoms with Crippen LogP contribution in [0.1, 0.15) is 30.5 Å². The maximum Gasteiger partial charge on any atom is 0.240 e. The fourth-order valence-corrected chi connectivity index (χ4v) is 3.26. The van der Waals surface area contributed by atoms with Crippen LogP contribution in [-0.4, -0.2) is 21.8 Å². The molecule has 0 aliphatic carbocycles. The lowest BCUT2D eigenvalue weighted by Gasteiger charge is -2.32. The van der Waals surface area contributed by atoms with E-state index in [1.54, 1.807) is 35.4 Å². The minimum atomic E-state index is -0.377. The van der Waals surface area contributed by atoms with Crippen molar-refractivity contribution in [1.82, 2.24) is 15.8 Å². The zero-order valence-electron chi connectivity index (χ0n) is 15.1. The van der Waals surface area contributed by atoms with Crippen LogP contribution in [0, 0.1) is 0 Å². The summed E-state index contributed by atoms with van der Waals surface area (Å²) >= 11 is 11.0. The van der Waals surface area contributed by atoms with Crippen molar-refractivity contribution in [3.8, 4) is 0 Å².